The third-order valence-corrected chi connectivity index (χ3v) is 1.61. The Morgan fingerprint density at radius 1 is 1.06 bits per heavy atom. The average molecular weight is 240 g/mol. The molecule has 0 atom stereocenters. The van der Waals surface area contributed by atoms with Crippen LogP contribution >= 0.6 is 0 Å². The van der Waals surface area contributed by atoms with Gasteiger partial charge in [-0.25, -0.2) is 9.59 Å². The zero-order valence-corrected chi connectivity index (χ0v) is 7.96. The van der Waals surface area contributed by atoms with Crippen molar-refractivity contribution in [3.63, 3.8) is 0 Å². The summed E-state index contributed by atoms with van der Waals surface area (Å²) in [4.78, 5) is 31.6. The van der Waals surface area contributed by atoms with Crippen molar-refractivity contribution in [2.75, 3.05) is 0 Å². The number of ketones is 1. The van der Waals surface area contributed by atoms with Crippen LogP contribution in [0.25, 0.3) is 0 Å². The maximum atomic E-state index is 12.0. The first-order chi connectivity index (χ1) is 7.12. The smallest absolute Gasteiger partial charge is 0.455 e. The lowest BCUT2D eigenvalue weighted by molar-refractivity contribution is -0.168. The Morgan fingerprint density at radius 3 is 1.69 bits per heavy atom. The highest BCUT2D eigenvalue weighted by Gasteiger charge is 2.45. The highest BCUT2D eigenvalue weighted by molar-refractivity contribution is 6.22. The van der Waals surface area contributed by atoms with E-state index in [2.05, 4.69) is 0 Å². The number of Topliss-reactive ketones (excluding diaryl/α,β-unsaturated/α-hetero) is 1. The highest BCUT2D eigenvalue weighted by Crippen LogP contribution is 2.24. The van der Waals surface area contributed by atoms with Gasteiger partial charge in [-0.05, 0) is 6.42 Å². The Kier molecular flexibility index (Phi) is 4.22. The largest absolute Gasteiger partial charge is 0.478 e. The van der Waals surface area contributed by atoms with Gasteiger partial charge in [0.25, 0.3) is 5.78 Å². The Balaban J connectivity index is 5.75. The van der Waals surface area contributed by atoms with Crippen LogP contribution in [-0.4, -0.2) is 34.1 Å². The second-order valence-electron chi connectivity index (χ2n) is 2.64. The lowest BCUT2D eigenvalue weighted by Crippen LogP contribution is -2.30. The summed E-state index contributed by atoms with van der Waals surface area (Å²) in [5.41, 5.74) is -2.82. The lowest BCUT2D eigenvalue weighted by Gasteiger charge is -2.08. The number of carbonyl (C=O) groups is 3. The first kappa shape index (κ1) is 14.1. The molecule has 0 saturated carbocycles. The number of aliphatic carboxylic acids is 2. The molecule has 0 aliphatic carbocycles. The van der Waals surface area contributed by atoms with Gasteiger partial charge in [0, 0.05) is 0 Å². The van der Waals surface area contributed by atoms with Gasteiger partial charge in [0.2, 0.25) is 0 Å². The van der Waals surface area contributed by atoms with E-state index in [0.717, 1.165) is 6.92 Å². The van der Waals surface area contributed by atoms with E-state index in [-0.39, 0.29) is 0 Å². The molecule has 0 heterocycles. The third-order valence-electron chi connectivity index (χ3n) is 1.61. The number of halogens is 3. The second kappa shape index (κ2) is 4.77. The Bertz CT molecular complexity index is 366. The molecule has 5 nitrogen and oxygen atoms in total. The lowest BCUT2D eigenvalue weighted by atomic mass is 10.0. The standard InChI is InChI=1S/C8H7F3O5/c1-2-3(6(13)14)4(7(15)16)5(12)8(9,10)11/h2H2,1H3,(H,13,14)(H,15,16). The van der Waals surface area contributed by atoms with Gasteiger partial charge in [0.15, 0.2) is 0 Å². The molecule has 0 aliphatic rings. The number of hydrogen-bond acceptors (Lipinski definition) is 3. The van der Waals surface area contributed by atoms with Gasteiger partial charge < -0.3 is 10.2 Å². The Morgan fingerprint density at radius 2 is 1.50 bits per heavy atom. The van der Waals surface area contributed by atoms with Crippen LogP contribution in [-0.2, 0) is 14.4 Å². The van der Waals surface area contributed by atoms with E-state index in [1.54, 1.807) is 0 Å². The van der Waals surface area contributed by atoms with Gasteiger partial charge in [-0.15, -0.1) is 0 Å². The van der Waals surface area contributed by atoms with E-state index < -0.39 is 41.5 Å². The molecule has 0 aromatic rings. The number of carbonyl (C=O) groups excluding carboxylic acids is 1. The van der Waals surface area contributed by atoms with Gasteiger partial charge in [0.05, 0.1) is 5.57 Å². The van der Waals surface area contributed by atoms with E-state index in [1.165, 1.54) is 0 Å². The van der Waals surface area contributed by atoms with Crippen molar-refractivity contribution in [3.05, 3.63) is 11.1 Å². The van der Waals surface area contributed by atoms with Gasteiger partial charge in [-0.2, -0.15) is 13.2 Å². The molecule has 0 aliphatic heterocycles. The fraction of sp³-hybridized carbons (Fsp3) is 0.375. The summed E-state index contributed by atoms with van der Waals surface area (Å²) in [5.74, 6) is -6.74. The maximum absolute atomic E-state index is 12.0. The molecule has 0 unspecified atom stereocenters. The van der Waals surface area contributed by atoms with Gasteiger partial charge in [-0.3, -0.25) is 4.79 Å². The molecular formula is C8H7F3O5. The predicted molar refractivity (Wildman–Crippen MR) is 43.7 cm³/mol. The van der Waals surface area contributed by atoms with E-state index in [4.69, 9.17) is 10.2 Å². The number of alkyl halides is 3. The molecule has 90 valence electrons. The van der Waals surface area contributed by atoms with E-state index in [9.17, 15) is 27.6 Å². The summed E-state index contributed by atoms with van der Waals surface area (Å²) >= 11 is 0. The summed E-state index contributed by atoms with van der Waals surface area (Å²) in [7, 11) is 0. The minimum Gasteiger partial charge on any atom is -0.478 e. The van der Waals surface area contributed by atoms with Crippen LogP contribution in [0, 0.1) is 0 Å². The minimum absolute atomic E-state index is 0.501. The normalized spacial score (nSPS) is 13.0. The van der Waals surface area contributed by atoms with E-state index in [0.29, 0.717) is 0 Å². The van der Waals surface area contributed by atoms with Crippen LogP contribution < -0.4 is 0 Å². The average Bonchev–Trinajstić information content (AvgIpc) is 2.09. The zero-order valence-electron chi connectivity index (χ0n) is 7.96. The first-order valence-electron chi connectivity index (χ1n) is 3.94. The van der Waals surface area contributed by atoms with Crippen molar-refractivity contribution < 1.29 is 37.8 Å². The van der Waals surface area contributed by atoms with E-state index >= 15 is 0 Å². The van der Waals surface area contributed by atoms with Crippen molar-refractivity contribution in [3.8, 4) is 0 Å². The monoisotopic (exact) mass is 240 g/mol. The Hall–Kier alpha value is -1.86. The molecule has 2 N–H and O–H groups in total. The minimum atomic E-state index is -5.41. The molecule has 0 amide bonds. The third kappa shape index (κ3) is 3.07. The molecule has 16 heavy (non-hydrogen) atoms. The molecule has 0 aromatic carbocycles. The number of hydrogen-bond donors (Lipinski definition) is 2. The van der Waals surface area contributed by atoms with Crippen molar-refractivity contribution in [2.45, 2.75) is 19.5 Å². The van der Waals surface area contributed by atoms with Crippen molar-refractivity contribution >= 4 is 17.7 Å². The first-order valence-corrected chi connectivity index (χ1v) is 3.94. The SMILES string of the molecule is CCC(C(=O)O)=C(C(=O)O)C(=O)C(F)(F)F. The topological polar surface area (TPSA) is 91.7 Å². The molecule has 0 saturated heterocycles. The van der Waals surface area contributed by atoms with Gasteiger partial charge >= 0.3 is 18.1 Å². The summed E-state index contributed by atoms with van der Waals surface area (Å²) in [6.45, 7) is 1.13. The summed E-state index contributed by atoms with van der Waals surface area (Å²) < 4.78 is 35.9. The highest BCUT2D eigenvalue weighted by atomic mass is 19.4. The second-order valence-corrected chi connectivity index (χ2v) is 2.64. The van der Waals surface area contributed by atoms with Crippen LogP contribution in [0.15, 0.2) is 11.1 Å². The summed E-state index contributed by atoms with van der Waals surface area (Å²) in [6.07, 6.45) is -5.91. The van der Waals surface area contributed by atoms with Gasteiger partial charge in [0.1, 0.15) is 5.57 Å². The molecule has 0 radical (unpaired) electrons. The molecular weight excluding hydrogens is 233 g/mol. The van der Waals surface area contributed by atoms with Crippen LogP contribution in [0.5, 0.6) is 0 Å². The van der Waals surface area contributed by atoms with Crippen molar-refractivity contribution in [1.29, 1.82) is 0 Å². The molecule has 0 bridgehead atoms. The molecule has 0 aromatic heterocycles. The summed E-state index contributed by atoms with van der Waals surface area (Å²) in [6, 6.07) is 0. The fourth-order valence-corrected chi connectivity index (χ4v) is 0.940. The predicted octanol–water partition coefficient (Wildman–Crippen LogP) is 0.994. The van der Waals surface area contributed by atoms with Gasteiger partial charge in [-0.1, -0.05) is 6.92 Å². The van der Waals surface area contributed by atoms with Crippen molar-refractivity contribution in [1.82, 2.24) is 0 Å². The van der Waals surface area contributed by atoms with Crippen molar-refractivity contribution in [2.24, 2.45) is 0 Å². The van der Waals surface area contributed by atoms with Crippen LogP contribution in [0.1, 0.15) is 13.3 Å². The van der Waals surface area contributed by atoms with Crippen LogP contribution in [0.3, 0.4) is 0 Å². The maximum Gasteiger partial charge on any atom is 0.455 e. The molecule has 0 rings (SSSR count). The zero-order chi connectivity index (χ0) is 13.1. The summed E-state index contributed by atoms with van der Waals surface area (Å²) in [5, 5.41) is 16.9. The Labute approximate surface area is 87.2 Å². The van der Waals surface area contributed by atoms with Crippen LogP contribution in [0.2, 0.25) is 0 Å². The van der Waals surface area contributed by atoms with E-state index in [1.807, 2.05) is 0 Å². The number of carboxylic acid groups (broad SMARTS) is 2. The molecule has 0 fully saturated rings. The molecule has 0 spiro atoms. The van der Waals surface area contributed by atoms with Crippen LogP contribution in [0.4, 0.5) is 13.2 Å². The number of carboxylic acids is 2. The quantitative estimate of drug-likeness (QED) is 0.434. The molecule has 8 heteroatoms. The fourth-order valence-electron chi connectivity index (χ4n) is 0.940. The number of rotatable bonds is 4.